The van der Waals surface area contributed by atoms with E-state index >= 15 is 0 Å². The Bertz CT molecular complexity index is 389. The number of hydrogen-bond donors (Lipinski definition) is 0. The molecule has 24 heavy (non-hydrogen) atoms. The largest absolute Gasteiger partial charge is 0.463 e. The van der Waals surface area contributed by atoms with Crippen molar-refractivity contribution < 1.29 is 23.4 Å². The van der Waals surface area contributed by atoms with Crippen LogP contribution in [0, 0.1) is 0 Å². The molecule has 0 aliphatic rings. The van der Waals surface area contributed by atoms with E-state index in [9.17, 15) is 4.79 Å². The molecule has 0 N–H and O–H groups in total. The molecule has 0 aromatic heterocycles. The monoisotopic (exact) mass is 360 g/mol. The molecule has 0 amide bonds. The van der Waals surface area contributed by atoms with Crippen molar-refractivity contribution in [2.75, 3.05) is 13.9 Å². The maximum atomic E-state index is 11.1. The number of rotatable bonds is 11. The Hall–Kier alpha value is -0.693. The Morgan fingerprint density at radius 2 is 1.83 bits per heavy atom. The molecule has 0 unspecified atom stereocenters. The van der Waals surface area contributed by atoms with Gasteiger partial charge >= 0.3 is 5.97 Å². The van der Waals surface area contributed by atoms with Crippen LogP contribution < -0.4 is 0 Å². The topological polar surface area (TPSA) is 54.0 Å². The fourth-order valence-corrected chi connectivity index (χ4v) is 3.31. The standard InChI is InChI=1S/C18H36O5Si/c1-10-16(23-24(8,9)18(4,5)6)17(21-13-20-7)12-11-14(2)22-15(3)19/h10,14,16-17H,1,11-13H2,2-9H3/t14-,16+,17+/m0/s1. The Morgan fingerprint density at radius 1 is 1.25 bits per heavy atom. The van der Waals surface area contributed by atoms with Crippen molar-refractivity contribution >= 4 is 14.3 Å². The summed E-state index contributed by atoms with van der Waals surface area (Å²) in [6.07, 6.45) is 2.63. The number of methoxy groups -OCH3 is 1. The molecule has 0 fully saturated rings. The Morgan fingerprint density at radius 3 is 2.25 bits per heavy atom. The van der Waals surface area contributed by atoms with Crippen molar-refractivity contribution in [2.45, 2.75) is 83.9 Å². The van der Waals surface area contributed by atoms with E-state index in [2.05, 4.69) is 40.4 Å². The van der Waals surface area contributed by atoms with Crippen LogP contribution in [0.15, 0.2) is 12.7 Å². The summed E-state index contributed by atoms with van der Waals surface area (Å²) >= 11 is 0. The van der Waals surface area contributed by atoms with Crippen molar-refractivity contribution in [3.05, 3.63) is 12.7 Å². The quantitative estimate of drug-likeness (QED) is 0.238. The first-order valence-corrected chi connectivity index (χ1v) is 11.4. The van der Waals surface area contributed by atoms with E-state index in [1.165, 1.54) is 6.92 Å². The number of esters is 1. The van der Waals surface area contributed by atoms with Gasteiger partial charge in [0.2, 0.25) is 0 Å². The maximum Gasteiger partial charge on any atom is 0.302 e. The highest BCUT2D eigenvalue weighted by molar-refractivity contribution is 6.74. The zero-order valence-corrected chi connectivity index (χ0v) is 17.7. The molecule has 0 saturated heterocycles. The van der Waals surface area contributed by atoms with Crippen molar-refractivity contribution in [3.63, 3.8) is 0 Å². The van der Waals surface area contributed by atoms with Gasteiger partial charge in [0.1, 0.15) is 6.79 Å². The predicted octanol–water partition coefficient (Wildman–Crippen LogP) is 4.28. The molecule has 142 valence electrons. The van der Waals surface area contributed by atoms with Crippen LogP contribution in [0.4, 0.5) is 0 Å². The highest BCUT2D eigenvalue weighted by Crippen LogP contribution is 2.38. The van der Waals surface area contributed by atoms with Gasteiger partial charge in [0.25, 0.3) is 0 Å². The highest BCUT2D eigenvalue weighted by Gasteiger charge is 2.40. The summed E-state index contributed by atoms with van der Waals surface area (Å²) in [5.41, 5.74) is 0. The van der Waals surface area contributed by atoms with Gasteiger partial charge in [0.05, 0.1) is 18.3 Å². The smallest absolute Gasteiger partial charge is 0.302 e. The molecule has 0 aromatic rings. The lowest BCUT2D eigenvalue weighted by atomic mass is 10.1. The van der Waals surface area contributed by atoms with E-state index in [1.54, 1.807) is 13.2 Å². The molecule has 0 aromatic carbocycles. The van der Waals surface area contributed by atoms with Gasteiger partial charge < -0.3 is 18.6 Å². The normalized spacial score (nSPS) is 16.3. The third-order valence-corrected chi connectivity index (χ3v) is 8.93. The first-order chi connectivity index (χ1) is 10.9. The van der Waals surface area contributed by atoms with Gasteiger partial charge in [0, 0.05) is 14.0 Å². The minimum Gasteiger partial charge on any atom is -0.463 e. The van der Waals surface area contributed by atoms with Gasteiger partial charge in [-0.3, -0.25) is 4.79 Å². The Kier molecular flexibility index (Phi) is 10.0. The fraction of sp³-hybridized carbons (Fsp3) is 0.833. The second-order valence-electron chi connectivity index (χ2n) is 7.69. The molecule has 0 saturated carbocycles. The molecule has 0 aliphatic heterocycles. The van der Waals surface area contributed by atoms with E-state index in [-0.39, 0.29) is 36.1 Å². The molecule has 0 bridgehead atoms. The first kappa shape index (κ1) is 23.3. The molecular formula is C18H36O5Si. The third-order valence-electron chi connectivity index (χ3n) is 4.46. The van der Waals surface area contributed by atoms with Gasteiger partial charge in [-0.15, -0.1) is 6.58 Å². The second kappa shape index (κ2) is 10.3. The summed E-state index contributed by atoms with van der Waals surface area (Å²) in [6.45, 7) is 18.4. The Balaban J connectivity index is 4.96. The number of carbonyl (C=O) groups excluding carboxylic acids is 1. The highest BCUT2D eigenvalue weighted by atomic mass is 28.4. The maximum absolute atomic E-state index is 11.1. The number of carbonyl (C=O) groups is 1. The van der Waals surface area contributed by atoms with Crippen molar-refractivity contribution in [1.29, 1.82) is 0 Å². The van der Waals surface area contributed by atoms with E-state index < -0.39 is 8.32 Å². The van der Waals surface area contributed by atoms with Crippen LogP contribution in [0.1, 0.15) is 47.5 Å². The lowest BCUT2D eigenvalue weighted by Gasteiger charge is -2.40. The molecule has 0 radical (unpaired) electrons. The summed E-state index contributed by atoms with van der Waals surface area (Å²) in [5.74, 6) is -0.269. The molecule has 0 rings (SSSR count). The van der Waals surface area contributed by atoms with Crippen LogP contribution >= 0.6 is 0 Å². The second-order valence-corrected chi connectivity index (χ2v) is 12.4. The minimum atomic E-state index is -1.95. The average molecular weight is 361 g/mol. The molecular weight excluding hydrogens is 324 g/mol. The SMILES string of the molecule is C=C[C@@H](O[Si](C)(C)C(C)(C)C)[C@@H](CC[C@H](C)OC(C)=O)OCOC. The van der Waals surface area contributed by atoms with Crippen LogP contribution in [0.5, 0.6) is 0 Å². The number of hydrogen-bond acceptors (Lipinski definition) is 5. The molecule has 0 heterocycles. The zero-order chi connectivity index (χ0) is 19.0. The molecule has 5 nitrogen and oxygen atoms in total. The summed E-state index contributed by atoms with van der Waals surface area (Å²) in [5, 5.41) is 0.102. The molecule has 6 heteroatoms. The lowest BCUT2D eigenvalue weighted by molar-refractivity contribution is -0.147. The van der Waals surface area contributed by atoms with Crippen molar-refractivity contribution in [2.24, 2.45) is 0 Å². The Labute approximate surface area is 148 Å². The van der Waals surface area contributed by atoms with Gasteiger partial charge in [-0.1, -0.05) is 26.8 Å². The predicted molar refractivity (Wildman–Crippen MR) is 99.5 cm³/mol. The first-order valence-electron chi connectivity index (χ1n) is 8.52. The van der Waals surface area contributed by atoms with E-state index in [0.717, 1.165) is 0 Å². The van der Waals surface area contributed by atoms with Crippen LogP contribution in [-0.4, -0.2) is 46.5 Å². The zero-order valence-electron chi connectivity index (χ0n) is 16.7. The third kappa shape index (κ3) is 8.42. The minimum absolute atomic E-state index is 0.102. The fourth-order valence-electron chi connectivity index (χ4n) is 2.03. The van der Waals surface area contributed by atoms with E-state index in [1.807, 2.05) is 6.92 Å². The average Bonchev–Trinajstić information content (AvgIpc) is 2.43. The summed E-state index contributed by atoms with van der Waals surface area (Å²) in [7, 11) is -0.357. The van der Waals surface area contributed by atoms with Gasteiger partial charge in [-0.2, -0.15) is 0 Å². The van der Waals surface area contributed by atoms with E-state index in [0.29, 0.717) is 12.8 Å². The van der Waals surface area contributed by atoms with E-state index in [4.69, 9.17) is 18.6 Å². The van der Waals surface area contributed by atoms with Crippen LogP contribution in [0.3, 0.4) is 0 Å². The lowest BCUT2D eigenvalue weighted by Crippen LogP contribution is -2.47. The van der Waals surface area contributed by atoms with Gasteiger partial charge in [-0.25, -0.2) is 0 Å². The van der Waals surface area contributed by atoms with Crippen LogP contribution in [0.25, 0.3) is 0 Å². The molecule has 3 atom stereocenters. The summed E-state index contributed by atoms with van der Waals surface area (Å²) < 4.78 is 22.5. The van der Waals surface area contributed by atoms with Crippen molar-refractivity contribution in [3.8, 4) is 0 Å². The van der Waals surface area contributed by atoms with Gasteiger partial charge in [0.15, 0.2) is 8.32 Å². The van der Waals surface area contributed by atoms with Gasteiger partial charge in [-0.05, 0) is 37.9 Å². The number of ether oxygens (including phenoxy) is 3. The van der Waals surface area contributed by atoms with Crippen molar-refractivity contribution in [1.82, 2.24) is 0 Å². The van der Waals surface area contributed by atoms with Crippen LogP contribution in [-0.2, 0) is 23.4 Å². The summed E-state index contributed by atoms with van der Waals surface area (Å²) in [4.78, 5) is 11.1. The van der Waals surface area contributed by atoms with Crippen LogP contribution in [0.2, 0.25) is 18.1 Å². The molecule has 0 aliphatic carbocycles. The summed E-state index contributed by atoms with van der Waals surface area (Å²) in [6, 6.07) is 0. The molecule has 0 spiro atoms.